The molecule has 1 atom stereocenters. The molecule has 3 aromatic rings. The van der Waals surface area contributed by atoms with E-state index in [0.29, 0.717) is 18.8 Å². The van der Waals surface area contributed by atoms with Crippen LogP contribution in [0.2, 0.25) is 0 Å². The van der Waals surface area contributed by atoms with Gasteiger partial charge in [0, 0.05) is 23.6 Å². The molecule has 1 aromatic carbocycles. The van der Waals surface area contributed by atoms with E-state index in [2.05, 4.69) is 25.7 Å². The highest BCUT2D eigenvalue weighted by atomic mass is 19.4. The second kappa shape index (κ2) is 7.56. The number of hydrogen-bond donors (Lipinski definition) is 2. The number of hydrogen-bond acceptors (Lipinski definition) is 6. The second-order valence-electron chi connectivity index (χ2n) is 7.60. The number of rotatable bonds is 5. The Morgan fingerprint density at radius 2 is 2.10 bits per heavy atom. The Labute approximate surface area is 175 Å². The van der Waals surface area contributed by atoms with Crippen LogP contribution in [-0.4, -0.2) is 38.0 Å². The number of benzene rings is 1. The Morgan fingerprint density at radius 3 is 2.81 bits per heavy atom. The zero-order valence-corrected chi connectivity index (χ0v) is 16.7. The third-order valence-corrected chi connectivity index (χ3v) is 4.69. The predicted molar refractivity (Wildman–Crippen MR) is 106 cm³/mol. The maximum Gasteiger partial charge on any atom is 0.433 e. The molecular weight excluding hydrogens is 413 g/mol. The van der Waals surface area contributed by atoms with Crippen LogP contribution in [0.5, 0.6) is 0 Å². The van der Waals surface area contributed by atoms with Gasteiger partial charge in [0.05, 0.1) is 19.3 Å². The number of anilines is 2. The van der Waals surface area contributed by atoms with Crippen molar-refractivity contribution in [1.82, 2.24) is 25.1 Å². The third-order valence-electron chi connectivity index (χ3n) is 4.69. The first-order valence-corrected chi connectivity index (χ1v) is 9.38. The van der Waals surface area contributed by atoms with Crippen LogP contribution in [0.1, 0.15) is 18.2 Å². The summed E-state index contributed by atoms with van der Waals surface area (Å²) in [6.45, 7) is 4.45. The molecule has 11 heteroatoms. The summed E-state index contributed by atoms with van der Waals surface area (Å²) in [7, 11) is 0. The van der Waals surface area contributed by atoms with Crippen LogP contribution >= 0.6 is 0 Å². The molecule has 0 spiro atoms. The van der Waals surface area contributed by atoms with Gasteiger partial charge in [-0.15, -0.1) is 0 Å². The van der Waals surface area contributed by atoms with E-state index in [-0.39, 0.29) is 5.95 Å². The van der Waals surface area contributed by atoms with Gasteiger partial charge in [0.1, 0.15) is 11.3 Å². The summed E-state index contributed by atoms with van der Waals surface area (Å²) in [5, 5.41) is 9.79. The molecule has 2 N–H and O–H groups in total. The lowest BCUT2D eigenvalue weighted by molar-refractivity contribution is -0.141. The van der Waals surface area contributed by atoms with E-state index in [1.54, 1.807) is 23.0 Å². The molecule has 3 heterocycles. The van der Waals surface area contributed by atoms with Crippen molar-refractivity contribution in [2.45, 2.75) is 32.2 Å². The molecule has 1 fully saturated rings. The van der Waals surface area contributed by atoms with Crippen LogP contribution in [0.4, 0.5) is 29.6 Å². The van der Waals surface area contributed by atoms with Crippen molar-refractivity contribution in [2.75, 3.05) is 11.9 Å². The molecule has 31 heavy (non-hydrogen) atoms. The number of halogens is 3. The first-order valence-electron chi connectivity index (χ1n) is 9.38. The lowest BCUT2D eigenvalue weighted by atomic mass is 10.1. The molecule has 1 amide bonds. The largest absolute Gasteiger partial charge is 0.439 e. The van der Waals surface area contributed by atoms with Crippen LogP contribution in [0, 0.1) is 6.92 Å². The minimum absolute atomic E-state index is 0.148. The highest BCUT2D eigenvalue weighted by molar-refractivity contribution is 5.71. The summed E-state index contributed by atoms with van der Waals surface area (Å²) >= 11 is 0. The minimum Gasteiger partial charge on any atom is -0.439 e. The quantitative estimate of drug-likeness (QED) is 0.635. The summed E-state index contributed by atoms with van der Waals surface area (Å²) in [6, 6.07) is 6.30. The number of carbonyl (C=O) groups excluding carboxylic acids is 1. The Balaban J connectivity index is 1.55. The van der Waals surface area contributed by atoms with Crippen LogP contribution in [0.15, 0.2) is 42.9 Å². The molecule has 2 aromatic heterocycles. The van der Waals surface area contributed by atoms with Crippen molar-refractivity contribution < 1.29 is 22.7 Å². The van der Waals surface area contributed by atoms with Crippen LogP contribution in [0.3, 0.4) is 0 Å². The molecule has 0 saturated carbocycles. The highest BCUT2D eigenvalue weighted by Gasteiger charge is 2.36. The van der Waals surface area contributed by atoms with Gasteiger partial charge in [-0.2, -0.15) is 18.3 Å². The van der Waals surface area contributed by atoms with Crippen molar-refractivity contribution in [2.24, 2.45) is 0 Å². The van der Waals surface area contributed by atoms with Gasteiger partial charge in [-0.1, -0.05) is 6.07 Å². The maximum atomic E-state index is 12.9. The SMILES string of the molecule is Cc1cc(Nc2nccc(C(F)(F)F)n2)cc(-c2cnn(C[C@@]3(C)CNC(=O)O3)c2)c1. The predicted octanol–water partition coefficient (Wildman–Crippen LogP) is 3.91. The molecular formula is C20H19F3N6O2. The van der Waals surface area contributed by atoms with E-state index in [9.17, 15) is 18.0 Å². The van der Waals surface area contributed by atoms with E-state index >= 15 is 0 Å². The van der Waals surface area contributed by atoms with Gasteiger partial charge >= 0.3 is 12.3 Å². The Kier molecular flexibility index (Phi) is 5.03. The van der Waals surface area contributed by atoms with E-state index in [1.165, 1.54) is 0 Å². The first kappa shape index (κ1) is 20.6. The van der Waals surface area contributed by atoms with Crippen LogP contribution < -0.4 is 10.6 Å². The molecule has 1 aliphatic rings. The number of cyclic esters (lactones) is 1. The fourth-order valence-corrected chi connectivity index (χ4v) is 3.31. The molecule has 8 nitrogen and oxygen atoms in total. The molecule has 1 aliphatic heterocycles. The van der Waals surface area contributed by atoms with Crippen molar-refractivity contribution in [1.29, 1.82) is 0 Å². The average Bonchev–Trinajstić information content (AvgIpc) is 3.27. The Bertz CT molecular complexity index is 1130. The van der Waals surface area contributed by atoms with Gasteiger partial charge in [-0.3, -0.25) is 4.68 Å². The minimum atomic E-state index is -4.55. The number of ether oxygens (including phenoxy) is 1. The number of alkyl halides is 3. The normalized spacial score (nSPS) is 18.5. The molecule has 0 unspecified atom stereocenters. The van der Waals surface area contributed by atoms with Crippen molar-refractivity contribution >= 4 is 17.7 Å². The number of carbonyl (C=O) groups is 1. The van der Waals surface area contributed by atoms with Crippen LogP contribution in [0.25, 0.3) is 11.1 Å². The first-order chi connectivity index (χ1) is 14.6. The second-order valence-corrected chi connectivity index (χ2v) is 7.60. The smallest absolute Gasteiger partial charge is 0.433 e. The van der Waals surface area contributed by atoms with Crippen molar-refractivity contribution in [3.63, 3.8) is 0 Å². The number of amides is 1. The molecule has 0 radical (unpaired) electrons. The third kappa shape index (κ3) is 4.76. The van der Waals surface area contributed by atoms with Crippen molar-refractivity contribution in [3.05, 3.63) is 54.1 Å². The fourth-order valence-electron chi connectivity index (χ4n) is 3.31. The molecule has 1 saturated heterocycles. The summed E-state index contributed by atoms with van der Waals surface area (Å²) in [5.74, 6) is -0.148. The zero-order chi connectivity index (χ0) is 22.2. The maximum absolute atomic E-state index is 12.9. The van der Waals surface area contributed by atoms with Gasteiger partial charge in [0.25, 0.3) is 0 Å². The topological polar surface area (TPSA) is 94.0 Å². The summed E-state index contributed by atoms with van der Waals surface area (Å²) < 4.78 is 45.7. The Hall–Kier alpha value is -3.63. The standard InChI is InChI=1S/C20H19F3N6O2/c1-12-5-13(14-8-26-29(9-14)11-19(2)10-25-18(30)31-19)7-15(6-12)27-17-24-4-3-16(28-17)20(21,22)23/h3-9H,10-11H2,1-2H3,(H,25,30)(H,24,27,28)/t19-/m1/s1. The summed E-state index contributed by atoms with van der Waals surface area (Å²) in [5.41, 5.74) is 1.34. The molecule has 4 rings (SSSR count). The van der Waals surface area contributed by atoms with Crippen LogP contribution in [-0.2, 0) is 17.5 Å². The van der Waals surface area contributed by atoms with E-state index in [0.717, 1.165) is 29.0 Å². The highest BCUT2D eigenvalue weighted by Crippen LogP contribution is 2.29. The van der Waals surface area contributed by atoms with E-state index in [1.807, 2.05) is 26.1 Å². The number of nitrogens with one attached hydrogen (secondary N) is 2. The number of alkyl carbamates (subject to hydrolysis) is 1. The number of nitrogens with zero attached hydrogens (tertiary/aromatic N) is 4. The average molecular weight is 432 g/mol. The van der Waals surface area contributed by atoms with Gasteiger partial charge in [-0.05, 0) is 43.2 Å². The zero-order valence-electron chi connectivity index (χ0n) is 16.7. The van der Waals surface area contributed by atoms with Gasteiger partial charge in [0.15, 0.2) is 0 Å². The molecule has 0 aliphatic carbocycles. The lowest BCUT2D eigenvalue weighted by Gasteiger charge is -2.20. The molecule has 0 bridgehead atoms. The summed E-state index contributed by atoms with van der Waals surface area (Å²) in [6.07, 6.45) is -0.458. The fraction of sp³-hybridized carbons (Fsp3) is 0.300. The van der Waals surface area contributed by atoms with Gasteiger partial charge in [0.2, 0.25) is 5.95 Å². The van der Waals surface area contributed by atoms with E-state index in [4.69, 9.17) is 4.74 Å². The number of aromatic nitrogens is 4. The monoisotopic (exact) mass is 432 g/mol. The van der Waals surface area contributed by atoms with Crippen molar-refractivity contribution in [3.8, 4) is 11.1 Å². The van der Waals surface area contributed by atoms with E-state index < -0.39 is 23.6 Å². The summed E-state index contributed by atoms with van der Waals surface area (Å²) in [4.78, 5) is 18.7. The van der Waals surface area contributed by atoms with Gasteiger partial charge < -0.3 is 15.4 Å². The van der Waals surface area contributed by atoms with Gasteiger partial charge in [-0.25, -0.2) is 14.8 Å². The molecule has 162 valence electrons. The number of aryl methyl sites for hydroxylation is 1. The Morgan fingerprint density at radius 1 is 1.29 bits per heavy atom. The lowest BCUT2D eigenvalue weighted by Crippen LogP contribution is -2.34.